The van der Waals surface area contributed by atoms with Gasteiger partial charge in [0.05, 0.1) is 19.8 Å². The number of ether oxygens (including phenoxy) is 2. The highest BCUT2D eigenvalue weighted by Gasteiger charge is 2.23. The lowest BCUT2D eigenvalue weighted by Gasteiger charge is -2.26. The molecule has 2 atom stereocenters. The number of hydrogen-bond donors (Lipinski definition) is 3. The Labute approximate surface area is 153 Å². The summed E-state index contributed by atoms with van der Waals surface area (Å²) in [6.07, 6.45) is 0.404. The van der Waals surface area contributed by atoms with E-state index in [9.17, 15) is 14.6 Å². The lowest BCUT2D eigenvalue weighted by molar-refractivity contribution is 0.0575. The zero-order chi connectivity index (χ0) is 19.3. The van der Waals surface area contributed by atoms with Crippen LogP contribution in [0.2, 0.25) is 0 Å². The van der Waals surface area contributed by atoms with Crippen LogP contribution in [0.3, 0.4) is 0 Å². The third-order valence-corrected chi connectivity index (χ3v) is 4.23. The number of hydrogen-bond acceptors (Lipinski definition) is 5. The van der Waals surface area contributed by atoms with Gasteiger partial charge in [-0.2, -0.15) is 0 Å². The second-order valence-electron chi connectivity index (χ2n) is 6.71. The van der Waals surface area contributed by atoms with Crippen molar-refractivity contribution >= 4 is 0 Å². The first-order chi connectivity index (χ1) is 12.2. The van der Waals surface area contributed by atoms with Gasteiger partial charge in [-0.25, -0.2) is 4.39 Å². The molecule has 0 bridgehead atoms. The molecule has 2 unspecified atom stereocenters. The van der Waals surface area contributed by atoms with Gasteiger partial charge in [0.15, 0.2) is 11.5 Å². The van der Waals surface area contributed by atoms with Gasteiger partial charge < -0.3 is 25.0 Å². The van der Waals surface area contributed by atoms with Crippen LogP contribution < -0.4 is 14.8 Å². The van der Waals surface area contributed by atoms with Gasteiger partial charge in [0.2, 0.25) is 0 Å². The summed E-state index contributed by atoms with van der Waals surface area (Å²) in [5, 5.41) is 23.4. The molecule has 0 spiro atoms. The first-order valence-electron chi connectivity index (χ1n) is 8.40. The molecule has 0 aliphatic heterocycles. The quantitative estimate of drug-likeness (QED) is 0.672. The molecule has 0 amide bonds. The number of phenols is 1. The minimum Gasteiger partial charge on any atom is -0.508 e. The topological polar surface area (TPSA) is 71.0 Å². The minimum atomic E-state index is -1.02. The number of phenolic OH excluding ortho intramolecular Hbond substituents is 1. The summed E-state index contributed by atoms with van der Waals surface area (Å²) >= 11 is 0. The molecule has 2 aromatic carbocycles. The number of benzene rings is 2. The number of halogens is 1. The molecule has 5 nitrogen and oxygen atoms in total. The summed E-state index contributed by atoms with van der Waals surface area (Å²) in [7, 11) is 3.14. The number of methoxy groups -OCH3 is 2. The fraction of sp³-hybridized carbons (Fsp3) is 0.400. The third-order valence-electron chi connectivity index (χ3n) is 4.23. The van der Waals surface area contributed by atoms with Gasteiger partial charge in [-0.1, -0.05) is 6.07 Å². The van der Waals surface area contributed by atoms with E-state index in [1.165, 1.54) is 12.1 Å². The van der Waals surface area contributed by atoms with Crippen molar-refractivity contribution in [2.24, 2.45) is 0 Å². The Bertz CT molecular complexity index is 728. The second-order valence-corrected chi connectivity index (χ2v) is 6.71. The van der Waals surface area contributed by atoms with Crippen LogP contribution in [-0.2, 0) is 6.42 Å². The van der Waals surface area contributed by atoms with E-state index in [1.807, 2.05) is 19.1 Å². The summed E-state index contributed by atoms with van der Waals surface area (Å²) in [5.74, 6) is 0.627. The SMILES string of the molecule is COc1ccc(CC(C)(O)CNC(C)c2cc(O)cc(F)c2)cc1OC. The van der Waals surface area contributed by atoms with Crippen molar-refractivity contribution < 1.29 is 24.1 Å². The van der Waals surface area contributed by atoms with Crippen LogP contribution in [0, 0.1) is 5.82 Å². The Kier molecular flexibility index (Phi) is 6.45. The van der Waals surface area contributed by atoms with Crippen molar-refractivity contribution in [2.45, 2.75) is 31.9 Å². The summed E-state index contributed by atoms with van der Waals surface area (Å²) in [5.41, 5.74) is 0.498. The zero-order valence-electron chi connectivity index (χ0n) is 15.5. The first kappa shape index (κ1) is 20.0. The van der Waals surface area contributed by atoms with Crippen molar-refractivity contribution in [3.8, 4) is 17.2 Å². The van der Waals surface area contributed by atoms with Gasteiger partial charge >= 0.3 is 0 Å². The first-order valence-corrected chi connectivity index (χ1v) is 8.40. The van der Waals surface area contributed by atoms with Crippen molar-refractivity contribution in [1.29, 1.82) is 0 Å². The van der Waals surface area contributed by atoms with Gasteiger partial charge in [0, 0.05) is 25.1 Å². The highest BCUT2D eigenvalue weighted by molar-refractivity contribution is 5.43. The smallest absolute Gasteiger partial charge is 0.160 e. The van der Waals surface area contributed by atoms with Crippen LogP contribution in [0.15, 0.2) is 36.4 Å². The van der Waals surface area contributed by atoms with Gasteiger partial charge in [0.25, 0.3) is 0 Å². The standard InChI is InChI=1S/C20H26FNO4/c1-13(15-8-16(21)10-17(23)9-15)22-12-20(2,24)11-14-5-6-18(25-3)19(7-14)26-4/h5-10,13,22-24H,11-12H2,1-4H3. The highest BCUT2D eigenvalue weighted by atomic mass is 19.1. The number of rotatable bonds is 8. The summed E-state index contributed by atoms with van der Waals surface area (Å²) in [4.78, 5) is 0. The van der Waals surface area contributed by atoms with E-state index < -0.39 is 11.4 Å². The van der Waals surface area contributed by atoms with Gasteiger partial charge in [-0.05, 0) is 49.2 Å². The third kappa shape index (κ3) is 5.34. The average molecular weight is 363 g/mol. The number of aromatic hydroxyl groups is 1. The van der Waals surface area contributed by atoms with E-state index in [0.717, 1.165) is 11.6 Å². The van der Waals surface area contributed by atoms with Crippen molar-refractivity contribution in [3.05, 3.63) is 53.3 Å². The monoisotopic (exact) mass is 363 g/mol. The normalized spacial score (nSPS) is 14.5. The van der Waals surface area contributed by atoms with Gasteiger partial charge in [-0.3, -0.25) is 0 Å². The molecule has 0 aromatic heterocycles. The average Bonchev–Trinajstić information content (AvgIpc) is 2.58. The maximum Gasteiger partial charge on any atom is 0.160 e. The molecule has 0 aliphatic carbocycles. The van der Waals surface area contributed by atoms with Crippen molar-refractivity contribution in [1.82, 2.24) is 5.32 Å². The molecule has 0 radical (unpaired) electrons. The van der Waals surface area contributed by atoms with Crippen LogP contribution in [0.25, 0.3) is 0 Å². The minimum absolute atomic E-state index is 0.120. The zero-order valence-corrected chi connectivity index (χ0v) is 15.5. The molecule has 6 heteroatoms. The molecule has 0 heterocycles. The Hall–Kier alpha value is -2.31. The van der Waals surface area contributed by atoms with Crippen LogP contribution >= 0.6 is 0 Å². The van der Waals surface area contributed by atoms with Gasteiger partial charge in [-0.15, -0.1) is 0 Å². The molecule has 0 saturated heterocycles. The van der Waals surface area contributed by atoms with E-state index in [-0.39, 0.29) is 11.8 Å². The molecule has 2 rings (SSSR count). The van der Waals surface area contributed by atoms with E-state index in [0.29, 0.717) is 30.0 Å². The Morgan fingerprint density at radius 3 is 2.42 bits per heavy atom. The predicted octanol–water partition coefficient (Wildman–Crippen LogP) is 3.19. The summed E-state index contributed by atoms with van der Waals surface area (Å²) in [6, 6.07) is 9.21. The van der Waals surface area contributed by atoms with Crippen LogP contribution in [0.5, 0.6) is 17.2 Å². The molecular formula is C20H26FNO4. The van der Waals surface area contributed by atoms with Crippen LogP contribution in [0.1, 0.15) is 31.0 Å². The lowest BCUT2D eigenvalue weighted by atomic mass is 9.95. The van der Waals surface area contributed by atoms with Crippen LogP contribution in [0.4, 0.5) is 4.39 Å². The number of nitrogens with one attached hydrogen (secondary N) is 1. The molecule has 142 valence electrons. The molecule has 26 heavy (non-hydrogen) atoms. The molecule has 0 saturated carbocycles. The van der Waals surface area contributed by atoms with E-state index in [4.69, 9.17) is 9.47 Å². The van der Waals surface area contributed by atoms with E-state index in [2.05, 4.69) is 5.32 Å². The Balaban J connectivity index is 2.02. The number of aliphatic hydroxyl groups is 1. The summed E-state index contributed by atoms with van der Waals surface area (Å²) < 4.78 is 23.9. The maximum absolute atomic E-state index is 13.4. The molecule has 3 N–H and O–H groups in total. The Morgan fingerprint density at radius 2 is 1.81 bits per heavy atom. The molecule has 0 fully saturated rings. The predicted molar refractivity (Wildman–Crippen MR) is 98.4 cm³/mol. The molecule has 0 aliphatic rings. The lowest BCUT2D eigenvalue weighted by Crippen LogP contribution is -2.40. The van der Waals surface area contributed by atoms with E-state index in [1.54, 1.807) is 27.2 Å². The van der Waals surface area contributed by atoms with Crippen molar-refractivity contribution in [3.63, 3.8) is 0 Å². The maximum atomic E-state index is 13.4. The molecule has 2 aromatic rings. The van der Waals surface area contributed by atoms with Gasteiger partial charge in [0.1, 0.15) is 11.6 Å². The highest BCUT2D eigenvalue weighted by Crippen LogP contribution is 2.29. The van der Waals surface area contributed by atoms with Crippen molar-refractivity contribution in [2.75, 3.05) is 20.8 Å². The van der Waals surface area contributed by atoms with E-state index >= 15 is 0 Å². The largest absolute Gasteiger partial charge is 0.508 e. The fourth-order valence-corrected chi connectivity index (χ4v) is 2.83. The summed E-state index contributed by atoms with van der Waals surface area (Å²) in [6.45, 7) is 3.87. The molecular weight excluding hydrogens is 337 g/mol. The second kappa shape index (κ2) is 8.38. The van der Waals surface area contributed by atoms with Crippen LogP contribution in [-0.4, -0.2) is 36.6 Å². The fourth-order valence-electron chi connectivity index (χ4n) is 2.83. The Morgan fingerprint density at radius 1 is 1.12 bits per heavy atom.